The predicted octanol–water partition coefficient (Wildman–Crippen LogP) is 3.42. The van der Waals surface area contributed by atoms with Crippen molar-refractivity contribution in [2.75, 3.05) is 0 Å². The Balaban J connectivity index is 1.95. The second-order valence-electron chi connectivity index (χ2n) is 6.53. The van der Waals surface area contributed by atoms with E-state index in [0.29, 0.717) is 11.1 Å². The van der Waals surface area contributed by atoms with Crippen LogP contribution in [0, 0.1) is 11.6 Å². The highest BCUT2D eigenvalue weighted by atomic mass is 19.1. The Hall–Kier alpha value is -3.74. The van der Waals surface area contributed by atoms with Gasteiger partial charge in [0.15, 0.2) is 0 Å². The number of benzene rings is 2. The molecule has 1 aromatic heterocycles. The zero-order valence-electron chi connectivity index (χ0n) is 15.4. The van der Waals surface area contributed by atoms with Crippen molar-refractivity contribution in [1.29, 1.82) is 0 Å². The summed E-state index contributed by atoms with van der Waals surface area (Å²) in [5, 5.41) is 10.1. The number of nitrogens with zero attached hydrogens (tertiary/aromatic N) is 2. The van der Waals surface area contributed by atoms with Gasteiger partial charge >= 0.3 is 5.69 Å². The molecule has 0 radical (unpaired) electrons. The van der Waals surface area contributed by atoms with Crippen molar-refractivity contribution in [1.82, 2.24) is 9.13 Å². The summed E-state index contributed by atoms with van der Waals surface area (Å²) in [5.74, 6) is -1.36. The molecule has 0 amide bonds. The molecule has 29 heavy (non-hydrogen) atoms. The normalized spacial score (nSPS) is 10.7. The Bertz CT molecular complexity index is 1190. The van der Waals surface area contributed by atoms with Crippen molar-refractivity contribution in [3.8, 4) is 5.88 Å². The van der Waals surface area contributed by atoms with E-state index in [1.165, 1.54) is 48.5 Å². The molecule has 0 atom stereocenters. The van der Waals surface area contributed by atoms with Crippen LogP contribution in [0.15, 0.2) is 77.3 Å². The van der Waals surface area contributed by atoms with Crippen LogP contribution in [0.3, 0.4) is 0 Å². The van der Waals surface area contributed by atoms with Crippen LogP contribution in [0.1, 0.15) is 11.1 Å². The number of rotatable bonds is 6. The Kier molecular flexibility index (Phi) is 5.59. The Labute approximate surface area is 165 Å². The molecule has 2 aromatic carbocycles. The fourth-order valence-electron chi connectivity index (χ4n) is 2.95. The van der Waals surface area contributed by atoms with Gasteiger partial charge in [0.25, 0.3) is 5.56 Å². The monoisotopic (exact) mass is 396 g/mol. The smallest absolute Gasteiger partial charge is 0.342 e. The van der Waals surface area contributed by atoms with Crippen molar-refractivity contribution in [2.24, 2.45) is 0 Å². The maximum absolute atomic E-state index is 13.1. The lowest BCUT2D eigenvalue weighted by Gasteiger charge is -2.15. The zero-order valence-corrected chi connectivity index (χ0v) is 15.4. The highest BCUT2D eigenvalue weighted by Gasteiger charge is 2.16. The molecule has 0 fully saturated rings. The van der Waals surface area contributed by atoms with Crippen LogP contribution in [0.5, 0.6) is 5.88 Å². The third kappa shape index (κ3) is 4.40. The van der Waals surface area contributed by atoms with Crippen molar-refractivity contribution < 1.29 is 13.9 Å². The third-order valence-corrected chi connectivity index (χ3v) is 4.36. The summed E-state index contributed by atoms with van der Waals surface area (Å²) >= 11 is 0. The van der Waals surface area contributed by atoms with E-state index < -0.39 is 28.8 Å². The second kappa shape index (κ2) is 8.10. The van der Waals surface area contributed by atoms with Gasteiger partial charge in [0.05, 0.1) is 6.07 Å². The van der Waals surface area contributed by atoms with Gasteiger partial charge in [0.1, 0.15) is 11.6 Å². The van der Waals surface area contributed by atoms with Gasteiger partial charge in [0, 0.05) is 24.2 Å². The van der Waals surface area contributed by atoms with Crippen molar-refractivity contribution in [2.45, 2.75) is 12.8 Å². The molecule has 148 valence electrons. The average Bonchev–Trinajstić information content (AvgIpc) is 2.65. The standard InChI is InChI=1S/C22H18F2N2O3/c1-14(11-16-3-7-18(23)8-4-16)25-20(27)13-21(28)26(22(25)29)15(2)12-17-5-9-19(24)10-6-17/h3-10,13,27H,1-2,11-12H2. The Morgan fingerprint density at radius 1 is 0.793 bits per heavy atom. The van der Waals surface area contributed by atoms with Gasteiger partial charge in [-0.15, -0.1) is 0 Å². The van der Waals surface area contributed by atoms with E-state index in [-0.39, 0.29) is 24.2 Å². The van der Waals surface area contributed by atoms with Crippen molar-refractivity contribution in [3.05, 3.63) is 111 Å². The summed E-state index contributed by atoms with van der Waals surface area (Å²) in [6, 6.07) is 12.1. The van der Waals surface area contributed by atoms with Crippen LogP contribution in [0.25, 0.3) is 11.4 Å². The number of halogens is 2. The SMILES string of the molecule is C=C(Cc1ccc(F)cc1)n1c(O)cc(=O)n(C(=C)Cc2ccc(F)cc2)c1=O. The van der Waals surface area contributed by atoms with Gasteiger partial charge in [-0.2, -0.15) is 0 Å². The minimum atomic E-state index is -0.825. The lowest BCUT2D eigenvalue weighted by Crippen LogP contribution is -2.38. The highest BCUT2D eigenvalue weighted by Crippen LogP contribution is 2.16. The molecule has 5 nitrogen and oxygen atoms in total. The summed E-state index contributed by atoms with van der Waals surface area (Å²) < 4.78 is 27.9. The Morgan fingerprint density at radius 3 is 1.66 bits per heavy atom. The maximum Gasteiger partial charge on any atom is 0.342 e. The molecule has 3 rings (SSSR count). The molecular formula is C22H18F2N2O3. The van der Waals surface area contributed by atoms with Gasteiger partial charge in [-0.05, 0) is 35.4 Å². The van der Waals surface area contributed by atoms with Gasteiger partial charge < -0.3 is 5.11 Å². The predicted molar refractivity (Wildman–Crippen MR) is 107 cm³/mol. The van der Waals surface area contributed by atoms with Gasteiger partial charge in [-0.25, -0.2) is 22.7 Å². The summed E-state index contributed by atoms with van der Waals surface area (Å²) in [5.41, 5.74) is 0.120. The lowest BCUT2D eigenvalue weighted by atomic mass is 10.1. The van der Waals surface area contributed by atoms with Crippen molar-refractivity contribution >= 4 is 11.4 Å². The largest absolute Gasteiger partial charge is 0.494 e. The van der Waals surface area contributed by atoms with E-state index in [1.807, 2.05) is 0 Å². The fraction of sp³-hybridized carbons (Fsp3) is 0.0909. The van der Waals surface area contributed by atoms with E-state index in [0.717, 1.165) is 15.2 Å². The molecule has 0 unspecified atom stereocenters. The quantitative estimate of drug-likeness (QED) is 0.695. The van der Waals surface area contributed by atoms with Crippen LogP contribution in [0.4, 0.5) is 8.78 Å². The second-order valence-corrected chi connectivity index (χ2v) is 6.53. The third-order valence-electron chi connectivity index (χ3n) is 4.36. The van der Waals surface area contributed by atoms with Crippen LogP contribution in [-0.2, 0) is 12.8 Å². The molecule has 0 bridgehead atoms. The Morgan fingerprint density at radius 2 is 1.21 bits per heavy atom. The van der Waals surface area contributed by atoms with E-state index in [2.05, 4.69) is 13.2 Å². The summed E-state index contributed by atoms with van der Waals surface area (Å²) in [6.45, 7) is 7.60. The lowest BCUT2D eigenvalue weighted by molar-refractivity contribution is 0.429. The molecular weight excluding hydrogens is 378 g/mol. The first-order valence-electron chi connectivity index (χ1n) is 8.69. The van der Waals surface area contributed by atoms with E-state index >= 15 is 0 Å². The minimum absolute atomic E-state index is 0.130. The highest BCUT2D eigenvalue weighted by molar-refractivity contribution is 5.51. The molecule has 0 aliphatic heterocycles. The van der Waals surface area contributed by atoms with E-state index in [1.54, 1.807) is 0 Å². The van der Waals surface area contributed by atoms with Crippen LogP contribution in [-0.4, -0.2) is 14.2 Å². The van der Waals surface area contributed by atoms with Crippen molar-refractivity contribution in [3.63, 3.8) is 0 Å². The molecule has 0 aliphatic carbocycles. The summed E-state index contributed by atoms with van der Waals surface area (Å²) in [4.78, 5) is 25.2. The molecule has 1 heterocycles. The molecule has 0 saturated heterocycles. The van der Waals surface area contributed by atoms with E-state index in [4.69, 9.17) is 0 Å². The van der Waals surface area contributed by atoms with Gasteiger partial charge in [-0.1, -0.05) is 37.4 Å². The minimum Gasteiger partial charge on any atom is -0.494 e. The molecule has 7 heteroatoms. The first kappa shape index (κ1) is 20.0. The van der Waals surface area contributed by atoms with Gasteiger partial charge in [-0.3, -0.25) is 4.79 Å². The molecule has 0 spiro atoms. The topological polar surface area (TPSA) is 64.2 Å². The number of aromatic nitrogens is 2. The van der Waals surface area contributed by atoms with Crippen LogP contribution in [0.2, 0.25) is 0 Å². The molecule has 3 aromatic rings. The van der Waals surface area contributed by atoms with Crippen LogP contribution < -0.4 is 11.2 Å². The summed E-state index contributed by atoms with van der Waals surface area (Å²) in [6.07, 6.45) is 0.279. The summed E-state index contributed by atoms with van der Waals surface area (Å²) in [7, 11) is 0. The average molecular weight is 396 g/mol. The number of allylic oxidation sites excluding steroid dienone is 2. The zero-order chi connectivity index (χ0) is 21.1. The number of aromatic hydroxyl groups is 1. The first-order valence-corrected chi connectivity index (χ1v) is 8.69. The molecule has 1 N–H and O–H groups in total. The molecule has 0 saturated carbocycles. The van der Waals surface area contributed by atoms with Crippen LogP contribution >= 0.6 is 0 Å². The van der Waals surface area contributed by atoms with E-state index in [9.17, 15) is 23.5 Å². The number of hydrogen-bond donors (Lipinski definition) is 1. The number of hydrogen-bond acceptors (Lipinski definition) is 3. The fourth-order valence-corrected chi connectivity index (χ4v) is 2.95. The van der Waals surface area contributed by atoms with Gasteiger partial charge in [0.2, 0.25) is 5.88 Å². The maximum atomic E-state index is 13.1. The first-order chi connectivity index (χ1) is 13.8. The molecule has 0 aliphatic rings.